The van der Waals surface area contributed by atoms with E-state index in [4.69, 9.17) is 29.0 Å². The molecule has 0 amide bonds. The van der Waals surface area contributed by atoms with E-state index in [9.17, 15) is 43.5 Å². The van der Waals surface area contributed by atoms with Crippen LogP contribution < -0.4 is 11.4 Å². The molecule has 0 radical (unpaired) electrons. The molecule has 1 saturated heterocycles. The number of phosphoric acid groups is 2. The van der Waals surface area contributed by atoms with E-state index in [0.29, 0.717) is 25.7 Å². The van der Waals surface area contributed by atoms with Crippen molar-refractivity contribution in [2.45, 2.75) is 173 Å². The van der Waals surface area contributed by atoms with Crippen LogP contribution in [-0.4, -0.2) is 85.7 Å². The first-order valence-electron chi connectivity index (χ1n) is 25.9. The summed E-state index contributed by atoms with van der Waals surface area (Å²) in [7, 11) is -10.9. The number of anilines is 1. The summed E-state index contributed by atoms with van der Waals surface area (Å²) in [5, 5.41) is 20.9. The van der Waals surface area contributed by atoms with Crippen molar-refractivity contribution in [2.24, 2.45) is 0 Å². The molecule has 7 atom stereocenters. The Morgan fingerprint density at radius 2 is 1.16 bits per heavy atom. The zero-order chi connectivity index (χ0) is 54.1. The third-order valence-corrected chi connectivity index (χ3v) is 13.5. The molecule has 20 heteroatoms. The van der Waals surface area contributed by atoms with Crippen molar-refractivity contribution >= 4 is 33.4 Å². The number of phosphoric ester groups is 2. The average molecular weight is 1080 g/mol. The molecule has 0 saturated carbocycles. The van der Waals surface area contributed by atoms with Gasteiger partial charge >= 0.3 is 33.3 Å². The molecule has 2 heterocycles. The van der Waals surface area contributed by atoms with Gasteiger partial charge in [-0.1, -0.05) is 155 Å². The predicted octanol–water partition coefficient (Wildman–Crippen LogP) is 11.0. The summed E-state index contributed by atoms with van der Waals surface area (Å²) in [6, 6.07) is 1.24. The first-order chi connectivity index (χ1) is 35.7. The van der Waals surface area contributed by atoms with Crippen LogP contribution in [0.2, 0.25) is 0 Å². The Morgan fingerprint density at radius 1 is 0.662 bits per heavy atom. The van der Waals surface area contributed by atoms with Crippen molar-refractivity contribution in [3.63, 3.8) is 0 Å². The van der Waals surface area contributed by atoms with Crippen LogP contribution >= 0.6 is 15.6 Å². The lowest BCUT2D eigenvalue weighted by Crippen LogP contribution is -2.36. The molecule has 1 aromatic heterocycles. The normalized spacial score (nSPS) is 19.8. The van der Waals surface area contributed by atoms with Crippen LogP contribution in [0.15, 0.2) is 126 Å². The molecule has 6 N–H and O–H groups in total. The number of carbonyl (C=O) groups is 2. The van der Waals surface area contributed by atoms with Gasteiger partial charge in [-0.15, -0.1) is 0 Å². The van der Waals surface area contributed by atoms with Gasteiger partial charge in [-0.2, -0.15) is 9.29 Å². The van der Waals surface area contributed by atoms with Crippen molar-refractivity contribution < 1.29 is 66.3 Å². The van der Waals surface area contributed by atoms with Crippen molar-refractivity contribution in [1.82, 2.24) is 9.55 Å². The van der Waals surface area contributed by atoms with Gasteiger partial charge in [0.25, 0.3) is 0 Å². The van der Waals surface area contributed by atoms with Gasteiger partial charge in [0, 0.05) is 19.0 Å². The fraction of sp³-hybridized carbons (Fsp3) is 0.556. The second kappa shape index (κ2) is 40.7. The number of aliphatic hydroxyl groups excluding tert-OH is 2. The van der Waals surface area contributed by atoms with Gasteiger partial charge in [-0.25, -0.2) is 13.9 Å². The predicted molar refractivity (Wildman–Crippen MR) is 288 cm³/mol. The van der Waals surface area contributed by atoms with Gasteiger partial charge in [0.1, 0.15) is 30.7 Å². The highest BCUT2D eigenvalue weighted by molar-refractivity contribution is 7.61. The summed E-state index contributed by atoms with van der Waals surface area (Å²) in [4.78, 5) is 61.9. The Balaban J connectivity index is 1.85. The topological polar surface area (TPSA) is 265 Å². The zero-order valence-corrected chi connectivity index (χ0v) is 45.1. The lowest BCUT2D eigenvalue weighted by molar-refractivity contribution is -0.161. The van der Waals surface area contributed by atoms with E-state index in [1.165, 1.54) is 44.6 Å². The minimum atomic E-state index is -5.46. The Morgan fingerprint density at radius 3 is 1.72 bits per heavy atom. The molecule has 1 aliphatic heterocycles. The molecule has 1 aromatic rings. The summed E-state index contributed by atoms with van der Waals surface area (Å²) < 4.78 is 56.6. The lowest BCUT2D eigenvalue weighted by Gasteiger charge is -2.21. The molecular weight excluding hydrogens is 993 g/mol. The van der Waals surface area contributed by atoms with Crippen molar-refractivity contribution in [2.75, 3.05) is 25.6 Å². The summed E-state index contributed by atoms with van der Waals surface area (Å²) in [6.45, 7) is 1.90. The van der Waals surface area contributed by atoms with Crippen LogP contribution in [0, 0.1) is 0 Å². The number of unbranched alkanes of at least 4 members (excludes halogenated alkanes) is 7. The standard InChI is InChI=1S/C54H83N3O15P2/c1-3-5-7-9-11-13-15-17-19-21-22-24-25-27-29-31-33-35-37-39-49(58)67-43-46(70-50(59)40-38-36-34-32-30-28-26-23-20-18-16-14-12-10-8-6-4-2)44-68-73(63,64)72-74(65,66)69-45-47-51(60)52(61)53(71-47)57-42-41-48(55)56-54(57)62/h5,7,11,13,17-20,22,24,26-29,32-35,41-42,46-47,51-53,60-61H,3-4,6,8-10,12,14-16,21,23,25,30-31,36-40,43-45H2,1-2H3,(H,63,64)(H,65,66)(H2,55,56,62)/b7-5-,13-11-,19-17-,20-18-,24-22-,28-26-,29-27-,34-32-,35-33-/t46-,47-,51+,52?,53-/m1/s1. The minimum Gasteiger partial charge on any atom is -0.462 e. The molecule has 414 valence electrons. The Bertz CT molecular complexity index is 2170. The number of ether oxygens (including phenoxy) is 3. The van der Waals surface area contributed by atoms with E-state index in [1.807, 2.05) is 30.4 Å². The maximum absolute atomic E-state index is 12.9. The highest BCUT2D eigenvalue weighted by atomic mass is 31.3. The summed E-state index contributed by atoms with van der Waals surface area (Å²) >= 11 is 0. The fourth-order valence-electron chi connectivity index (χ4n) is 6.88. The number of aromatic nitrogens is 2. The van der Waals surface area contributed by atoms with E-state index in [2.05, 4.69) is 102 Å². The van der Waals surface area contributed by atoms with Crippen molar-refractivity contribution in [3.8, 4) is 0 Å². The number of carbonyl (C=O) groups excluding carboxylic acids is 2. The number of nitrogens with zero attached hydrogens (tertiary/aromatic N) is 2. The van der Waals surface area contributed by atoms with Crippen LogP contribution in [0.5, 0.6) is 0 Å². The van der Waals surface area contributed by atoms with Crippen LogP contribution in [0.4, 0.5) is 5.82 Å². The van der Waals surface area contributed by atoms with E-state index >= 15 is 0 Å². The third-order valence-electron chi connectivity index (χ3n) is 10.9. The molecule has 0 spiro atoms. The highest BCUT2D eigenvalue weighted by Gasteiger charge is 2.46. The highest BCUT2D eigenvalue weighted by Crippen LogP contribution is 2.60. The number of rotatable bonds is 41. The van der Waals surface area contributed by atoms with Crippen LogP contribution in [-0.2, 0) is 46.3 Å². The number of hydrogen-bond acceptors (Lipinski definition) is 15. The van der Waals surface area contributed by atoms with Gasteiger partial charge in [-0.3, -0.25) is 23.2 Å². The average Bonchev–Trinajstić information content (AvgIpc) is 3.64. The quantitative estimate of drug-likeness (QED) is 0.0177. The number of aliphatic hydroxyl groups is 2. The fourth-order valence-corrected chi connectivity index (χ4v) is 8.99. The van der Waals surface area contributed by atoms with E-state index in [-0.39, 0.29) is 18.7 Å². The molecule has 74 heavy (non-hydrogen) atoms. The SMILES string of the molecule is CC/C=C\C/C=C\C/C=C\C/C=C\C/C=C\C/C=C\CCC(=O)OC[C@H](COP(=O)(O)OP(=O)(O)OC[C@H]1O[C@@H](n2ccc(N)nc2=O)C(O)[C@H]1O)OC(=O)CCC/C=C\C/C=C\C/C=C\CCCCCCCC. The number of allylic oxidation sites excluding steroid dienone is 18. The summed E-state index contributed by atoms with van der Waals surface area (Å²) in [6.07, 6.45) is 47.6. The van der Waals surface area contributed by atoms with Gasteiger partial charge in [0.05, 0.1) is 13.2 Å². The van der Waals surface area contributed by atoms with E-state index in [1.54, 1.807) is 0 Å². The number of hydrogen-bond donors (Lipinski definition) is 5. The molecular formula is C54H83N3O15P2. The first kappa shape index (κ1) is 65.5. The zero-order valence-electron chi connectivity index (χ0n) is 43.3. The van der Waals surface area contributed by atoms with E-state index < -0.39 is 83.7 Å². The number of nitrogens with two attached hydrogens (primary N) is 1. The molecule has 2 rings (SSSR count). The van der Waals surface area contributed by atoms with Gasteiger partial charge < -0.3 is 39.9 Å². The maximum atomic E-state index is 12.9. The molecule has 18 nitrogen and oxygen atoms in total. The number of esters is 2. The van der Waals surface area contributed by atoms with Gasteiger partial charge in [0.15, 0.2) is 12.3 Å². The van der Waals surface area contributed by atoms with Crippen LogP contribution in [0.25, 0.3) is 0 Å². The largest absolute Gasteiger partial charge is 0.481 e. The van der Waals surface area contributed by atoms with Crippen molar-refractivity contribution in [3.05, 3.63) is 132 Å². The van der Waals surface area contributed by atoms with E-state index in [0.717, 1.165) is 62.1 Å². The number of nitrogen functional groups attached to an aromatic ring is 1. The third kappa shape index (κ3) is 32.7. The van der Waals surface area contributed by atoms with Crippen LogP contribution in [0.3, 0.4) is 0 Å². The minimum absolute atomic E-state index is 0.0153. The van der Waals surface area contributed by atoms with Gasteiger partial charge in [-0.05, 0) is 89.5 Å². The monoisotopic (exact) mass is 1080 g/mol. The smallest absolute Gasteiger partial charge is 0.462 e. The van der Waals surface area contributed by atoms with Crippen molar-refractivity contribution in [1.29, 1.82) is 0 Å². The molecule has 3 unspecified atom stereocenters. The molecule has 0 bridgehead atoms. The molecule has 1 fully saturated rings. The summed E-state index contributed by atoms with van der Waals surface area (Å²) in [5.74, 6) is -1.47. The first-order valence-corrected chi connectivity index (χ1v) is 28.9. The second-order valence-corrected chi connectivity index (χ2v) is 20.3. The summed E-state index contributed by atoms with van der Waals surface area (Å²) in [5.41, 5.74) is 4.58. The Hall–Kier alpha value is -4.58. The van der Waals surface area contributed by atoms with Crippen LogP contribution in [0.1, 0.15) is 148 Å². The lowest BCUT2D eigenvalue weighted by atomic mass is 10.1. The Labute approximate surface area is 438 Å². The molecule has 1 aliphatic rings. The molecule has 0 aliphatic carbocycles. The molecule has 0 aromatic carbocycles. The van der Waals surface area contributed by atoms with Gasteiger partial charge in [0.2, 0.25) is 0 Å². The maximum Gasteiger partial charge on any atom is 0.481 e. The Kier molecular flexibility index (Phi) is 36.0. The second-order valence-electron chi connectivity index (χ2n) is 17.3.